The number of piperidine rings is 1. The molecule has 3 aromatic rings. The van der Waals surface area contributed by atoms with E-state index in [4.69, 9.17) is 4.74 Å². The fourth-order valence-electron chi connectivity index (χ4n) is 6.72. The Morgan fingerprint density at radius 1 is 1.04 bits per heavy atom. The normalized spacial score (nSPS) is 21.3. The van der Waals surface area contributed by atoms with Gasteiger partial charge < -0.3 is 19.6 Å². The molecule has 0 bridgehead atoms. The van der Waals surface area contributed by atoms with Gasteiger partial charge in [0.1, 0.15) is 22.1 Å². The lowest BCUT2D eigenvalue weighted by molar-refractivity contribution is -0.163. The summed E-state index contributed by atoms with van der Waals surface area (Å²) in [6, 6.07) is 4.34. The van der Waals surface area contributed by atoms with Crippen molar-refractivity contribution in [3.05, 3.63) is 81.1 Å². The number of hydrogen-bond acceptors (Lipinski definition) is 6. The van der Waals surface area contributed by atoms with Crippen molar-refractivity contribution in [3.8, 4) is 5.75 Å². The van der Waals surface area contributed by atoms with Gasteiger partial charge in [0.15, 0.2) is 0 Å². The highest BCUT2D eigenvalue weighted by molar-refractivity contribution is 7.10. The number of rotatable bonds is 9. The van der Waals surface area contributed by atoms with Gasteiger partial charge in [0.25, 0.3) is 11.8 Å². The number of pyridine rings is 1. The van der Waals surface area contributed by atoms with Crippen LogP contribution in [0.1, 0.15) is 77.5 Å². The summed E-state index contributed by atoms with van der Waals surface area (Å²) in [6.45, 7) is 1.48. The molecular weight excluding hydrogens is 683 g/mol. The molecule has 2 aromatic heterocycles. The van der Waals surface area contributed by atoms with E-state index in [9.17, 15) is 45.4 Å². The number of aliphatic carboxylic acids is 1. The van der Waals surface area contributed by atoms with Crippen LogP contribution in [0.15, 0.2) is 48.0 Å². The van der Waals surface area contributed by atoms with Crippen LogP contribution in [0.2, 0.25) is 0 Å². The summed E-state index contributed by atoms with van der Waals surface area (Å²) in [4.78, 5) is 45.8. The number of halogens is 7. The van der Waals surface area contributed by atoms with Crippen molar-refractivity contribution in [1.29, 1.82) is 0 Å². The molecule has 2 aliphatic heterocycles. The van der Waals surface area contributed by atoms with Crippen molar-refractivity contribution in [2.75, 3.05) is 6.54 Å². The number of carbonyl (C=O) groups excluding carboxylic acids is 2. The molecule has 16 heteroatoms. The molecule has 5 rings (SSSR count). The lowest BCUT2D eigenvalue weighted by Gasteiger charge is -2.51. The van der Waals surface area contributed by atoms with Gasteiger partial charge in [-0.25, -0.2) is 4.39 Å². The third kappa shape index (κ3) is 7.53. The fraction of sp³-hybridized carbons (Fsp3) is 0.455. The zero-order chi connectivity index (χ0) is 35.7. The Morgan fingerprint density at radius 2 is 1.80 bits per heavy atom. The van der Waals surface area contributed by atoms with Gasteiger partial charge in [0.2, 0.25) is 5.60 Å². The number of hydrogen-bond donors (Lipinski definition) is 1. The van der Waals surface area contributed by atoms with Gasteiger partial charge in [-0.05, 0) is 61.1 Å². The van der Waals surface area contributed by atoms with Gasteiger partial charge in [-0.2, -0.15) is 26.3 Å². The smallest absolute Gasteiger partial charge is 0.425 e. The second-order valence-corrected chi connectivity index (χ2v) is 13.0. The lowest BCUT2D eigenvalue weighted by Crippen LogP contribution is -2.69. The van der Waals surface area contributed by atoms with Gasteiger partial charge in [0, 0.05) is 49.6 Å². The Hall–Kier alpha value is -4.21. The summed E-state index contributed by atoms with van der Waals surface area (Å²) in [7, 11) is 0. The molecule has 0 spiro atoms. The first-order valence-electron chi connectivity index (χ1n) is 15.5. The predicted octanol–water partition coefficient (Wildman–Crippen LogP) is 7.36. The Bertz CT molecular complexity index is 1710. The molecule has 0 unspecified atom stereocenters. The number of fused-ring (bicyclic) bond motifs is 1. The van der Waals surface area contributed by atoms with Crippen LogP contribution >= 0.6 is 11.3 Å². The molecule has 2 aliphatic rings. The van der Waals surface area contributed by atoms with Crippen LogP contribution in [-0.2, 0) is 34.9 Å². The van der Waals surface area contributed by atoms with Crippen molar-refractivity contribution in [1.82, 2.24) is 14.8 Å². The molecule has 0 saturated carbocycles. The topological polar surface area (TPSA) is 100 Å². The molecule has 4 heterocycles. The van der Waals surface area contributed by atoms with Crippen molar-refractivity contribution >= 4 is 29.1 Å². The number of aromatic nitrogens is 1. The van der Waals surface area contributed by atoms with Crippen molar-refractivity contribution in [2.24, 2.45) is 0 Å². The fourth-order valence-corrected chi connectivity index (χ4v) is 7.40. The second-order valence-electron chi connectivity index (χ2n) is 12.1. The third-order valence-corrected chi connectivity index (χ3v) is 9.83. The minimum atomic E-state index is -4.94. The molecule has 1 aromatic carbocycles. The SMILES string of the molecule is CCC[C@H]1N(C(=O)c2ncccc2C(F)(F)F)CCC[C@@]1(Oc1csc(C(F)(F)F)c1)C(=O)N1Cc2ccc(F)cc2C[C@H]1CCC(=O)O. The summed E-state index contributed by atoms with van der Waals surface area (Å²) in [5.41, 5.74) is -3.20. The molecule has 49 heavy (non-hydrogen) atoms. The number of carboxylic acids is 1. The highest BCUT2D eigenvalue weighted by atomic mass is 32.1. The summed E-state index contributed by atoms with van der Waals surface area (Å²) >= 11 is 0.327. The van der Waals surface area contributed by atoms with Crippen molar-refractivity contribution in [3.63, 3.8) is 0 Å². The average molecular weight is 716 g/mol. The van der Waals surface area contributed by atoms with E-state index >= 15 is 4.79 Å². The number of alkyl halides is 6. The van der Waals surface area contributed by atoms with Crippen LogP contribution < -0.4 is 4.74 Å². The number of likely N-dealkylation sites (tertiary alicyclic amines) is 1. The monoisotopic (exact) mass is 715 g/mol. The van der Waals surface area contributed by atoms with Crippen molar-refractivity contribution in [2.45, 2.75) is 88.5 Å². The van der Waals surface area contributed by atoms with E-state index in [2.05, 4.69) is 4.98 Å². The van der Waals surface area contributed by atoms with E-state index in [1.807, 2.05) is 0 Å². The van der Waals surface area contributed by atoms with E-state index in [0.29, 0.717) is 35.0 Å². The van der Waals surface area contributed by atoms with Crippen LogP contribution in [0.3, 0.4) is 0 Å². The molecule has 8 nitrogen and oxygen atoms in total. The van der Waals surface area contributed by atoms with E-state index in [1.54, 1.807) is 6.92 Å². The van der Waals surface area contributed by atoms with Crippen LogP contribution in [-0.4, -0.2) is 61.9 Å². The quantitative estimate of drug-likeness (QED) is 0.233. The molecule has 3 atom stereocenters. The van der Waals surface area contributed by atoms with Gasteiger partial charge in [-0.3, -0.25) is 19.4 Å². The molecule has 264 valence electrons. The summed E-state index contributed by atoms with van der Waals surface area (Å²) < 4.78 is 103. The first-order chi connectivity index (χ1) is 23.0. The van der Waals surface area contributed by atoms with Crippen LogP contribution in [0.25, 0.3) is 0 Å². The maximum atomic E-state index is 15.1. The number of amides is 2. The zero-order valence-electron chi connectivity index (χ0n) is 26.1. The van der Waals surface area contributed by atoms with Crippen molar-refractivity contribution < 1.29 is 55.0 Å². The number of ether oxygens (including phenoxy) is 1. The lowest BCUT2D eigenvalue weighted by atomic mass is 9.78. The van der Waals surface area contributed by atoms with E-state index in [1.165, 1.54) is 23.1 Å². The number of carboxylic acid groups (broad SMARTS) is 1. The number of carbonyl (C=O) groups is 3. The molecular formula is C33H32F7N3O5S. The maximum Gasteiger partial charge on any atom is 0.425 e. The molecule has 0 radical (unpaired) electrons. The predicted molar refractivity (Wildman–Crippen MR) is 162 cm³/mol. The Labute approximate surface area is 280 Å². The average Bonchev–Trinajstić information content (AvgIpc) is 3.52. The van der Waals surface area contributed by atoms with Gasteiger partial charge >= 0.3 is 18.3 Å². The standard InChI is InChI=1S/C33H32F7N3O5S/c1-2-5-25-31(48-23-16-26(49-18-23)33(38,39)40,11-4-13-42(25)29(46)28-24(32(35,36)37)6-3-12-41-28)30(47)43-17-19-7-8-21(34)14-20(19)15-22(43)9-10-27(44)45/h3,6-8,12,14,16,18,22,25H,2,4-5,9-11,13,15,17H2,1H3,(H,44,45)/t22-,25-,31+/m1/s1. The van der Waals surface area contributed by atoms with Crippen LogP contribution in [0.4, 0.5) is 30.7 Å². The summed E-state index contributed by atoms with van der Waals surface area (Å²) in [5.74, 6) is -3.92. The molecule has 0 aliphatic carbocycles. The molecule has 1 saturated heterocycles. The Morgan fingerprint density at radius 3 is 2.45 bits per heavy atom. The molecule has 2 amide bonds. The highest BCUT2D eigenvalue weighted by Gasteiger charge is 2.57. The first kappa shape index (κ1) is 36.1. The van der Waals surface area contributed by atoms with Crippen LogP contribution in [0.5, 0.6) is 5.75 Å². The van der Waals surface area contributed by atoms with Gasteiger partial charge in [0.05, 0.1) is 11.6 Å². The number of thiophene rings is 1. The van der Waals surface area contributed by atoms with E-state index in [-0.39, 0.29) is 57.4 Å². The van der Waals surface area contributed by atoms with Gasteiger partial charge in [-0.1, -0.05) is 19.4 Å². The van der Waals surface area contributed by atoms with E-state index in [0.717, 1.165) is 28.6 Å². The molecule has 1 fully saturated rings. The first-order valence-corrected chi connectivity index (χ1v) is 16.4. The molecule has 1 N–H and O–H groups in total. The minimum absolute atomic E-state index is 0.0113. The Balaban J connectivity index is 1.64. The van der Waals surface area contributed by atoms with Crippen LogP contribution in [0, 0.1) is 5.82 Å². The number of benzene rings is 1. The number of nitrogens with zero attached hydrogens (tertiary/aromatic N) is 3. The zero-order valence-corrected chi connectivity index (χ0v) is 26.9. The van der Waals surface area contributed by atoms with E-state index < -0.39 is 69.8 Å². The summed E-state index contributed by atoms with van der Waals surface area (Å²) in [6.07, 6.45) is -8.81. The summed E-state index contributed by atoms with van der Waals surface area (Å²) in [5, 5.41) is 10.5. The largest absolute Gasteiger partial charge is 0.481 e. The highest BCUT2D eigenvalue weighted by Crippen LogP contribution is 2.43. The minimum Gasteiger partial charge on any atom is -0.481 e. The Kier molecular flexibility index (Phi) is 10.3. The maximum absolute atomic E-state index is 15.1. The second kappa shape index (κ2) is 14.0. The third-order valence-electron chi connectivity index (χ3n) is 8.87. The van der Waals surface area contributed by atoms with Gasteiger partial charge in [-0.15, -0.1) is 11.3 Å².